The molecular weight excluding hydrogens is 295 g/mol. The number of rotatable bonds is 5. The first-order chi connectivity index (χ1) is 10.0. The normalized spacial score (nSPS) is 10.3. The second-order valence-corrected chi connectivity index (χ2v) is 4.84. The van der Waals surface area contributed by atoms with Crippen molar-refractivity contribution in [2.75, 3.05) is 14.2 Å². The summed E-state index contributed by atoms with van der Waals surface area (Å²) in [6, 6.07) is 8.98. The van der Waals surface area contributed by atoms with Crippen molar-refractivity contribution >= 4 is 17.4 Å². The number of ketones is 1. The summed E-state index contributed by atoms with van der Waals surface area (Å²) in [6.45, 7) is 0. The van der Waals surface area contributed by atoms with E-state index in [0.29, 0.717) is 22.1 Å². The van der Waals surface area contributed by atoms with Gasteiger partial charge in [-0.2, -0.15) is 0 Å². The number of carbonyl (C=O) groups is 1. The number of halogens is 2. The van der Waals surface area contributed by atoms with Crippen molar-refractivity contribution in [2.45, 2.75) is 6.42 Å². The highest BCUT2D eigenvalue weighted by Crippen LogP contribution is 2.28. The lowest BCUT2D eigenvalue weighted by molar-refractivity contribution is 0.0991. The molecule has 0 radical (unpaired) electrons. The zero-order valence-electron chi connectivity index (χ0n) is 11.7. The summed E-state index contributed by atoms with van der Waals surface area (Å²) in [6.07, 6.45) is -0.0676. The van der Waals surface area contributed by atoms with Crippen molar-refractivity contribution in [3.05, 3.63) is 58.4 Å². The van der Waals surface area contributed by atoms with Crippen LogP contribution in [0.2, 0.25) is 5.02 Å². The molecule has 2 aromatic rings. The third kappa shape index (κ3) is 3.52. The molecular formula is C16H14ClFO3. The highest BCUT2D eigenvalue weighted by Gasteiger charge is 2.14. The summed E-state index contributed by atoms with van der Waals surface area (Å²) < 4.78 is 23.9. The lowest BCUT2D eigenvalue weighted by Gasteiger charge is -2.09. The van der Waals surface area contributed by atoms with E-state index in [1.165, 1.54) is 32.4 Å². The Morgan fingerprint density at radius 1 is 1.10 bits per heavy atom. The second-order valence-electron chi connectivity index (χ2n) is 4.41. The second kappa shape index (κ2) is 6.59. The highest BCUT2D eigenvalue weighted by molar-refractivity contribution is 6.30. The molecule has 0 spiro atoms. The molecule has 2 aromatic carbocycles. The first-order valence-electron chi connectivity index (χ1n) is 6.24. The summed E-state index contributed by atoms with van der Waals surface area (Å²) >= 11 is 5.82. The molecule has 21 heavy (non-hydrogen) atoms. The van der Waals surface area contributed by atoms with E-state index in [9.17, 15) is 9.18 Å². The zero-order chi connectivity index (χ0) is 15.4. The van der Waals surface area contributed by atoms with E-state index in [4.69, 9.17) is 21.1 Å². The summed E-state index contributed by atoms with van der Waals surface area (Å²) in [7, 11) is 3.00. The van der Waals surface area contributed by atoms with E-state index in [2.05, 4.69) is 0 Å². The van der Waals surface area contributed by atoms with E-state index in [0.717, 1.165) is 0 Å². The van der Waals surface area contributed by atoms with Crippen molar-refractivity contribution in [2.24, 2.45) is 0 Å². The number of Topliss-reactive ketones (excluding diaryl/α,β-unsaturated/α-hetero) is 1. The molecule has 0 heterocycles. The van der Waals surface area contributed by atoms with Gasteiger partial charge in [0.15, 0.2) is 17.3 Å². The SMILES string of the molecule is COc1ccc(C(=O)Cc2cc(Cl)ccc2F)cc1OC. The third-order valence-electron chi connectivity index (χ3n) is 3.06. The molecule has 0 aliphatic carbocycles. The van der Waals surface area contributed by atoms with Crippen LogP contribution < -0.4 is 9.47 Å². The van der Waals surface area contributed by atoms with Gasteiger partial charge in [0.05, 0.1) is 14.2 Å². The van der Waals surface area contributed by atoms with Crippen LogP contribution in [0.15, 0.2) is 36.4 Å². The van der Waals surface area contributed by atoms with Crippen LogP contribution >= 0.6 is 11.6 Å². The fraction of sp³-hybridized carbons (Fsp3) is 0.188. The maximum atomic E-state index is 13.7. The maximum absolute atomic E-state index is 13.7. The Balaban J connectivity index is 2.26. The molecule has 0 atom stereocenters. The minimum atomic E-state index is -0.451. The quantitative estimate of drug-likeness (QED) is 0.785. The number of hydrogen-bond acceptors (Lipinski definition) is 3. The summed E-state index contributed by atoms with van der Waals surface area (Å²) in [5, 5.41) is 0.395. The van der Waals surface area contributed by atoms with Gasteiger partial charge < -0.3 is 9.47 Å². The molecule has 0 N–H and O–H groups in total. The van der Waals surface area contributed by atoms with Crippen LogP contribution in [0.25, 0.3) is 0 Å². The van der Waals surface area contributed by atoms with Gasteiger partial charge >= 0.3 is 0 Å². The first kappa shape index (κ1) is 15.3. The molecule has 0 saturated carbocycles. The van der Waals surface area contributed by atoms with E-state index >= 15 is 0 Å². The van der Waals surface area contributed by atoms with Gasteiger partial charge in [0, 0.05) is 17.0 Å². The van der Waals surface area contributed by atoms with Crippen LogP contribution in [0.3, 0.4) is 0 Å². The Labute approximate surface area is 127 Å². The van der Waals surface area contributed by atoms with Crippen molar-refractivity contribution < 1.29 is 18.7 Å². The topological polar surface area (TPSA) is 35.5 Å². The van der Waals surface area contributed by atoms with Gasteiger partial charge in [-0.15, -0.1) is 0 Å². The molecule has 0 unspecified atom stereocenters. The molecule has 0 aliphatic heterocycles. The van der Waals surface area contributed by atoms with Crippen LogP contribution in [0.1, 0.15) is 15.9 Å². The lowest BCUT2D eigenvalue weighted by Crippen LogP contribution is -2.06. The van der Waals surface area contributed by atoms with E-state index < -0.39 is 5.82 Å². The van der Waals surface area contributed by atoms with Gasteiger partial charge in [0.1, 0.15) is 5.82 Å². The average Bonchev–Trinajstić information content (AvgIpc) is 2.50. The van der Waals surface area contributed by atoms with Crippen LogP contribution in [0, 0.1) is 5.82 Å². The Bertz CT molecular complexity index is 671. The Hall–Kier alpha value is -2.07. The standard InChI is InChI=1S/C16H14ClFO3/c1-20-15-6-3-10(9-16(15)21-2)14(19)8-11-7-12(17)4-5-13(11)18/h3-7,9H,8H2,1-2H3. The third-order valence-corrected chi connectivity index (χ3v) is 3.30. The Morgan fingerprint density at radius 3 is 2.48 bits per heavy atom. The fourth-order valence-electron chi connectivity index (χ4n) is 1.96. The van der Waals surface area contributed by atoms with Crippen molar-refractivity contribution in [3.8, 4) is 11.5 Å². The average molecular weight is 309 g/mol. The molecule has 2 rings (SSSR count). The molecule has 5 heteroatoms. The van der Waals surface area contributed by atoms with Crippen LogP contribution in [-0.2, 0) is 6.42 Å². The molecule has 0 fully saturated rings. The number of ether oxygens (including phenoxy) is 2. The predicted octanol–water partition coefficient (Wildman–Crippen LogP) is 3.92. The van der Waals surface area contributed by atoms with Gasteiger partial charge in [0.2, 0.25) is 0 Å². The summed E-state index contributed by atoms with van der Waals surface area (Å²) in [5.74, 6) is 0.309. The van der Waals surface area contributed by atoms with Gasteiger partial charge in [0.25, 0.3) is 0 Å². The van der Waals surface area contributed by atoms with Gasteiger partial charge in [-0.05, 0) is 42.0 Å². The van der Waals surface area contributed by atoms with Gasteiger partial charge in [-0.3, -0.25) is 4.79 Å². The minimum Gasteiger partial charge on any atom is -0.493 e. The largest absolute Gasteiger partial charge is 0.493 e. The molecule has 0 saturated heterocycles. The molecule has 110 valence electrons. The zero-order valence-corrected chi connectivity index (χ0v) is 12.4. The molecule has 3 nitrogen and oxygen atoms in total. The van der Waals surface area contributed by atoms with Crippen LogP contribution in [-0.4, -0.2) is 20.0 Å². The van der Waals surface area contributed by atoms with Crippen molar-refractivity contribution in [1.29, 1.82) is 0 Å². The Morgan fingerprint density at radius 2 is 1.81 bits per heavy atom. The summed E-state index contributed by atoms with van der Waals surface area (Å²) in [4.78, 5) is 12.2. The number of hydrogen-bond donors (Lipinski definition) is 0. The van der Waals surface area contributed by atoms with E-state index in [1.54, 1.807) is 18.2 Å². The number of carbonyl (C=O) groups excluding carboxylic acids is 1. The molecule has 0 aromatic heterocycles. The van der Waals surface area contributed by atoms with Gasteiger partial charge in [-0.25, -0.2) is 4.39 Å². The van der Waals surface area contributed by atoms with Gasteiger partial charge in [-0.1, -0.05) is 11.6 Å². The molecule has 0 bridgehead atoms. The molecule has 0 amide bonds. The smallest absolute Gasteiger partial charge is 0.167 e. The monoisotopic (exact) mass is 308 g/mol. The first-order valence-corrected chi connectivity index (χ1v) is 6.62. The highest BCUT2D eigenvalue weighted by atomic mass is 35.5. The van der Waals surface area contributed by atoms with E-state index in [1.807, 2.05) is 0 Å². The Kier molecular flexibility index (Phi) is 4.81. The predicted molar refractivity (Wildman–Crippen MR) is 79.0 cm³/mol. The number of benzene rings is 2. The number of methoxy groups -OCH3 is 2. The minimum absolute atomic E-state index is 0.0676. The van der Waals surface area contributed by atoms with Crippen molar-refractivity contribution in [1.82, 2.24) is 0 Å². The van der Waals surface area contributed by atoms with Crippen molar-refractivity contribution in [3.63, 3.8) is 0 Å². The maximum Gasteiger partial charge on any atom is 0.167 e. The lowest BCUT2D eigenvalue weighted by atomic mass is 10.0. The van der Waals surface area contributed by atoms with Crippen LogP contribution in [0.5, 0.6) is 11.5 Å². The molecule has 0 aliphatic rings. The fourth-order valence-corrected chi connectivity index (χ4v) is 2.16. The van der Waals surface area contributed by atoms with Crippen LogP contribution in [0.4, 0.5) is 4.39 Å². The van der Waals surface area contributed by atoms with E-state index in [-0.39, 0.29) is 17.8 Å². The summed E-state index contributed by atoms with van der Waals surface area (Å²) in [5.41, 5.74) is 0.689.